The van der Waals surface area contributed by atoms with E-state index in [9.17, 15) is 0 Å². The number of aromatic nitrogens is 2. The van der Waals surface area contributed by atoms with Crippen molar-refractivity contribution in [2.75, 3.05) is 0 Å². The van der Waals surface area contributed by atoms with Crippen molar-refractivity contribution in [3.05, 3.63) is 110 Å². The Morgan fingerprint density at radius 1 is 0.464 bits per heavy atom. The molecule has 28 heavy (non-hydrogen) atoms. The second kappa shape index (κ2) is 7.09. The Bertz CT molecular complexity index is 1230. The zero-order valence-corrected chi connectivity index (χ0v) is 15.3. The highest BCUT2D eigenvalue weighted by atomic mass is 14.6. The summed E-state index contributed by atoms with van der Waals surface area (Å²) in [7, 11) is 0. The fourth-order valence-corrected chi connectivity index (χ4v) is 3.83. The first kappa shape index (κ1) is 16.4. The van der Waals surface area contributed by atoms with Crippen LogP contribution in [0.2, 0.25) is 0 Å². The summed E-state index contributed by atoms with van der Waals surface area (Å²) in [6.45, 7) is 0. The molecule has 5 rings (SSSR count). The van der Waals surface area contributed by atoms with Crippen molar-refractivity contribution in [1.29, 1.82) is 0 Å². The van der Waals surface area contributed by atoms with E-state index in [0.717, 1.165) is 5.56 Å². The van der Waals surface area contributed by atoms with Gasteiger partial charge >= 0.3 is 0 Å². The molecule has 3 aromatic carbocycles. The molecule has 5 aromatic rings. The predicted molar refractivity (Wildman–Crippen MR) is 116 cm³/mol. The first-order valence-electron chi connectivity index (χ1n) is 9.34. The fraction of sp³-hybridized carbons (Fsp3) is 0. The number of fused-ring (bicyclic) bond motifs is 1. The van der Waals surface area contributed by atoms with Gasteiger partial charge in [0, 0.05) is 24.8 Å². The van der Waals surface area contributed by atoms with Crippen LogP contribution in [0.25, 0.3) is 44.2 Å². The molecule has 0 fully saturated rings. The highest BCUT2D eigenvalue weighted by Gasteiger charge is 2.17. The Kier molecular flexibility index (Phi) is 4.15. The third-order valence-corrected chi connectivity index (χ3v) is 5.07. The van der Waals surface area contributed by atoms with Crippen molar-refractivity contribution in [3.8, 4) is 33.4 Å². The molecule has 132 valence electrons. The standard InChI is InChI=1S/C26H18N2/c1-2-6-20(7-3-1)26-24(19-10-14-27-15-11-19)18-22-8-4-5-9-23(22)25(26)21-12-16-28-17-13-21/h1-18H. The maximum absolute atomic E-state index is 4.23. The second-order valence-electron chi connectivity index (χ2n) is 6.73. The molecule has 2 heteroatoms. The number of hydrogen-bond donors (Lipinski definition) is 0. The van der Waals surface area contributed by atoms with Gasteiger partial charge in [0.1, 0.15) is 0 Å². The Morgan fingerprint density at radius 2 is 1.04 bits per heavy atom. The van der Waals surface area contributed by atoms with Gasteiger partial charge in [-0.25, -0.2) is 0 Å². The molecule has 0 unspecified atom stereocenters. The van der Waals surface area contributed by atoms with E-state index < -0.39 is 0 Å². The van der Waals surface area contributed by atoms with Crippen molar-refractivity contribution in [1.82, 2.24) is 9.97 Å². The molecule has 0 aliphatic carbocycles. The molecule has 0 aliphatic heterocycles. The number of hydrogen-bond acceptors (Lipinski definition) is 2. The lowest BCUT2D eigenvalue weighted by molar-refractivity contribution is 1.33. The molecule has 0 aliphatic rings. The minimum Gasteiger partial charge on any atom is -0.265 e. The molecule has 2 heterocycles. The minimum absolute atomic E-state index is 1.16. The van der Waals surface area contributed by atoms with Gasteiger partial charge in [-0.15, -0.1) is 0 Å². The van der Waals surface area contributed by atoms with E-state index in [-0.39, 0.29) is 0 Å². The summed E-state index contributed by atoms with van der Waals surface area (Å²) in [5, 5.41) is 2.46. The average Bonchev–Trinajstić information content (AvgIpc) is 2.79. The predicted octanol–water partition coefficient (Wildman–Crippen LogP) is 6.63. The van der Waals surface area contributed by atoms with Crippen LogP contribution < -0.4 is 0 Å². The summed E-state index contributed by atoms with van der Waals surface area (Å²) in [6.07, 6.45) is 7.42. The van der Waals surface area contributed by atoms with Crippen LogP contribution in [0.5, 0.6) is 0 Å². The second-order valence-corrected chi connectivity index (χ2v) is 6.73. The van der Waals surface area contributed by atoms with E-state index in [1.54, 1.807) is 0 Å². The number of rotatable bonds is 3. The Hall–Kier alpha value is -3.78. The summed E-state index contributed by atoms with van der Waals surface area (Å²) in [6, 6.07) is 29.8. The van der Waals surface area contributed by atoms with Crippen LogP contribution in [0.4, 0.5) is 0 Å². The van der Waals surface area contributed by atoms with Gasteiger partial charge < -0.3 is 0 Å². The van der Waals surface area contributed by atoms with Crippen LogP contribution in [-0.4, -0.2) is 9.97 Å². The van der Waals surface area contributed by atoms with Gasteiger partial charge in [-0.2, -0.15) is 0 Å². The fourth-order valence-electron chi connectivity index (χ4n) is 3.83. The summed E-state index contributed by atoms with van der Waals surface area (Å²) in [5.41, 5.74) is 7.21. The molecule has 0 atom stereocenters. The van der Waals surface area contributed by atoms with Crippen LogP contribution >= 0.6 is 0 Å². The lowest BCUT2D eigenvalue weighted by atomic mass is 9.84. The maximum Gasteiger partial charge on any atom is 0.0273 e. The molecule has 2 nitrogen and oxygen atoms in total. The van der Waals surface area contributed by atoms with Crippen LogP contribution in [0.3, 0.4) is 0 Å². The Labute approximate surface area is 164 Å². The SMILES string of the molecule is c1ccc(-c2c(-c3ccncc3)cc3ccccc3c2-c2ccncc2)cc1. The van der Waals surface area contributed by atoms with E-state index in [4.69, 9.17) is 0 Å². The van der Waals surface area contributed by atoms with E-state index in [1.165, 1.54) is 38.6 Å². The first-order valence-corrected chi connectivity index (χ1v) is 9.34. The highest BCUT2D eigenvalue weighted by Crippen LogP contribution is 2.44. The van der Waals surface area contributed by atoms with Gasteiger partial charge in [-0.3, -0.25) is 9.97 Å². The third kappa shape index (κ3) is 2.85. The third-order valence-electron chi connectivity index (χ3n) is 5.07. The number of pyridine rings is 2. The van der Waals surface area contributed by atoms with Crippen LogP contribution in [0.15, 0.2) is 110 Å². The summed E-state index contributed by atoms with van der Waals surface area (Å²) in [4.78, 5) is 8.43. The van der Waals surface area contributed by atoms with Crippen LogP contribution in [0.1, 0.15) is 0 Å². The highest BCUT2D eigenvalue weighted by molar-refractivity contribution is 6.09. The normalized spacial score (nSPS) is 10.9. The van der Waals surface area contributed by atoms with Crippen molar-refractivity contribution in [2.24, 2.45) is 0 Å². The van der Waals surface area contributed by atoms with Gasteiger partial charge in [-0.1, -0.05) is 54.6 Å². The molecular weight excluding hydrogens is 340 g/mol. The molecular formula is C26H18N2. The summed E-state index contributed by atoms with van der Waals surface area (Å²) in [5.74, 6) is 0. The molecule has 2 aromatic heterocycles. The number of nitrogens with zero attached hydrogens (tertiary/aromatic N) is 2. The molecule has 0 amide bonds. The van der Waals surface area contributed by atoms with Gasteiger partial charge in [0.05, 0.1) is 0 Å². The van der Waals surface area contributed by atoms with Crippen molar-refractivity contribution in [3.63, 3.8) is 0 Å². The maximum atomic E-state index is 4.23. The largest absolute Gasteiger partial charge is 0.265 e. The summed E-state index contributed by atoms with van der Waals surface area (Å²) < 4.78 is 0. The zero-order valence-electron chi connectivity index (χ0n) is 15.3. The Balaban J connectivity index is 1.97. The van der Waals surface area contributed by atoms with Gasteiger partial charge in [0.2, 0.25) is 0 Å². The lowest BCUT2D eigenvalue weighted by Crippen LogP contribution is -1.93. The number of benzene rings is 3. The van der Waals surface area contributed by atoms with E-state index >= 15 is 0 Å². The zero-order chi connectivity index (χ0) is 18.8. The van der Waals surface area contributed by atoms with Crippen LogP contribution in [0, 0.1) is 0 Å². The topological polar surface area (TPSA) is 25.8 Å². The average molecular weight is 358 g/mol. The van der Waals surface area contributed by atoms with Gasteiger partial charge in [-0.05, 0) is 74.5 Å². The van der Waals surface area contributed by atoms with Crippen molar-refractivity contribution >= 4 is 10.8 Å². The molecule has 0 bridgehead atoms. The lowest BCUT2D eigenvalue weighted by Gasteiger charge is -2.19. The van der Waals surface area contributed by atoms with E-state index in [1.807, 2.05) is 24.8 Å². The van der Waals surface area contributed by atoms with Gasteiger partial charge in [0.15, 0.2) is 0 Å². The Morgan fingerprint density at radius 3 is 1.75 bits per heavy atom. The molecule has 0 spiro atoms. The minimum atomic E-state index is 1.16. The quantitative estimate of drug-likeness (QED) is 0.362. The van der Waals surface area contributed by atoms with Crippen molar-refractivity contribution in [2.45, 2.75) is 0 Å². The van der Waals surface area contributed by atoms with E-state index in [2.05, 4.69) is 94.9 Å². The summed E-state index contributed by atoms with van der Waals surface area (Å²) >= 11 is 0. The first-order chi connectivity index (χ1) is 13.9. The molecule has 0 saturated heterocycles. The molecule has 0 saturated carbocycles. The monoisotopic (exact) mass is 358 g/mol. The molecule has 0 N–H and O–H groups in total. The van der Waals surface area contributed by atoms with E-state index in [0.29, 0.717) is 0 Å². The molecule has 0 radical (unpaired) electrons. The van der Waals surface area contributed by atoms with Crippen molar-refractivity contribution < 1.29 is 0 Å². The smallest absolute Gasteiger partial charge is 0.0273 e. The van der Waals surface area contributed by atoms with Gasteiger partial charge in [0.25, 0.3) is 0 Å². The van der Waals surface area contributed by atoms with Crippen LogP contribution in [-0.2, 0) is 0 Å².